The second-order valence-electron chi connectivity index (χ2n) is 5.83. The first-order valence-corrected chi connectivity index (χ1v) is 7.01. The fourth-order valence-electron chi connectivity index (χ4n) is 2.06. The van der Waals surface area contributed by atoms with E-state index in [2.05, 4.69) is 6.92 Å². The average molecular weight is 288 g/mol. The third-order valence-corrected chi connectivity index (χ3v) is 3.61. The second kappa shape index (κ2) is 7.44. The molecule has 0 fully saturated rings. The van der Waals surface area contributed by atoms with Crippen LogP contribution < -0.4 is 0 Å². The van der Waals surface area contributed by atoms with Gasteiger partial charge >= 0.3 is 12.1 Å². The lowest BCUT2D eigenvalue weighted by molar-refractivity contribution is -0.322. The lowest BCUT2D eigenvalue weighted by Crippen LogP contribution is -2.48. The molecule has 0 heterocycles. The maximum Gasteiger partial charge on any atom is 0.453 e. The first-order chi connectivity index (χ1) is 8.56. The molecule has 0 aromatic heterocycles. The molecule has 116 valence electrons. The van der Waals surface area contributed by atoms with Crippen molar-refractivity contribution in [2.45, 2.75) is 84.2 Å². The Morgan fingerprint density at radius 2 is 1.11 bits per heavy atom. The molecule has 0 N–H and O–H groups in total. The Hall–Kier alpha value is -0.350. The summed E-state index contributed by atoms with van der Waals surface area (Å²) in [5.41, 5.74) is -2.03. The molecule has 0 saturated carbocycles. The van der Waals surface area contributed by atoms with Crippen molar-refractivity contribution in [2.24, 2.45) is 5.41 Å². The minimum absolute atomic E-state index is 0.104. The van der Waals surface area contributed by atoms with Gasteiger partial charge in [-0.1, -0.05) is 65.7 Å². The van der Waals surface area contributed by atoms with E-state index in [1.165, 1.54) is 0 Å². The van der Waals surface area contributed by atoms with Gasteiger partial charge < -0.3 is 0 Å². The third kappa shape index (κ3) is 5.65. The summed E-state index contributed by atoms with van der Waals surface area (Å²) in [4.78, 5) is 0. The number of alkyl halides is 5. The normalized spacial score (nSPS) is 13.9. The van der Waals surface area contributed by atoms with Gasteiger partial charge in [0.1, 0.15) is 0 Å². The van der Waals surface area contributed by atoms with Gasteiger partial charge in [-0.3, -0.25) is 0 Å². The zero-order valence-corrected chi connectivity index (χ0v) is 12.0. The van der Waals surface area contributed by atoms with Gasteiger partial charge in [0.05, 0.1) is 0 Å². The summed E-state index contributed by atoms with van der Waals surface area (Å²) in [5.74, 6) is -4.62. The molecule has 0 radical (unpaired) electrons. The molecule has 0 unspecified atom stereocenters. The molecule has 0 spiro atoms. The van der Waals surface area contributed by atoms with E-state index in [0.717, 1.165) is 52.4 Å². The largest absolute Gasteiger partial charge is 0.453 e. The van der Waals surface area contributed by atoms with E-state index in [1.807, 2.05) is 0 Å². The van der Waals surface area contributed by atoms with Crippen LogP contribution in [0.5, 0.6) is 0 Å². The molecule has 0 aliphatic rings. The Morgan fingerprint density at radius 1 is 0.684 bits per heavy atom. The number of hydrogen-bond acceptors (Lipinski definition) is 0. The van der Waals surface area contributed by atoms with Crippen molar-refractivity contribution in [2.75, 3.05) is 0 Å². The maximum absolute atomic E-state index is 13.3. The van der Waals surface area contributed by atoms with Crippen LogP contribution in [-0.2, 0) is 0 Å². The summed E-state index contributed by atoms with van der Waals surface area (Å²) in [7, 11) is 0. The highest BCUT2D eigenvalue weighted by Crippen LogP contribution is 2.50. The standard InChI is InChI=1S/C14H25F5/c1-4-5-6-7-8-9-10-11-12(2,3)13(15,16)14(17,18)19/h4-11H2,1-3H3. The smallest absolute Gasteiger partial charge is 0.196 e. The summed E-state index contributed by atoms with van der Waals surface area (Å²) in [6, 6.07) is 0. The van der Waals surface area contributed by atoms with Crippen molar-refractivity contribution in [3.05, 3.63) is 0 Å². The van der Waals surface area contributed by atoms with Crippen LogP contribution in [0.4, 0.5) is 22.0 Å². The minimum Gasteiger partial charge on any atom is -0.196 e. The van der Waals surface area contributed by atoms with Gasteiger partial charge in [-0.05, 0) is 6.42 Å². The number of halogens is 5. The summed E-state index contributed by atoms with van der Waals surface area (Å²) in [5, 5.41) is 0. The molecule has 0 aliphatic carbocycles. The van der Waals surface area contributed by atoms with E-state index in [1.54, 1.807) is 0 Å². The molecule has 0 aromatic carbocycles. The second-order valence-corrected chi connectivity index (χ2v) is 5.83. The Labute approximate surface area is 112 Å². The Bertz CT molecular complexity index is 243. The number of hydrogen-bond donors (Lipinski definition) is 0. The minimum atomic E-state index is -5.46. The van der Waals surface area contributed by atoms with Crippen LogP contribution in [-0.4, -0.2) is 12.1 Å². The van der Waals surface area contributed by atoms with Crippen LogP contribution in [0.25, 0.3) is 0 Å². The van der Waals surface area contributed by atoms with Crippen molar-refractivity contribution in [1.29, 1.82) is 0 Å². The highest BCUT2D eigenvalue weighted by molar-refractivity contribution is 4.91. The fraction of sp³-hybridized carbons (Fsp3) is 1.00. The molecule has 5 heteroatoms. The van der Waals surface area contributed by atoms with Crippen molar-refractivity contribution >= 4 is 0 Å². The van der Waals surface area contributed by atoms with Crippen LogP contribution in [0.2, 0.25) is 0 Å². The van der Waals surface area contributed by atoms with Gasteiger partial charge in [0.2, 0.25) is 0 Å². The van der Waals surface area contributed by atoms with Crippen molar-refractivity contribution in [3.63, 3.8) is 0 Å². The summed E-state index contributed by atoms with van der Waals surface area (Å²) in [6.07, 6.45) is 0.912. The Morgan fingerprint density at radius 3 is 1.53 bits per heavy atom. The van der Waals surface area contributed by atoms with Crippen LogP contribution in [0.1, 0.15) is 72.1 Å². The first kappa shape index (κ1) is 18.7. The average Bonchev–Trinajstić information content (AvgIpc) is 2.26. The molecular formula is C14H25F5. The summed E-state index contributed by atoms with van der Waals surface area (Å²) < 4.78 is 63.4. The molecule has 0 nitrogen and oxygen atoms in total. The zero-order valence-electron chi connectivity index (χ0n) is 12.0. The van der Waals surface area contributed by atoms with Gasteiger partial charge in [-0.15, -0.1) is 0 Å². The quantitative estimate of drug-likeness (QED) is 0.342. The van der Waals surface area contributed by atoms with Gasteiger partial charge in [0.25, 0.3) is 0 Å². The van der Waals surface area contributed by atoms with Crippen LogP contribution in [0.15, 0.2) is 0 Å². The molecule has 0 bridgehead atoms. The Kier molecular flexibility index (Phi) is 7.30. The highest BCUT2D eigenvalue weighted by Gasteiger charge is 2.65. The van der Waals surface area contributed by atoms with E-state index < -0.39 is 17.5 Å². The predicted octanol–water partition coefficient (Wildman–Crippen LogP) is 6.35. The van der Waals surface area contributed by atoms with Crippen molar-refractivity contribution < 1.29 is 22.0 Å². The molecule has 0 aromatic rings. The lowest BCUT2D eigenvalue weighted by Gasteiger charge is -2.35. The highest BCUT2D eigenvalue weighted by atomic mass is 19.4. The predicted molar refractivity (Wildman–Crippen MR) is 67.4 cm³/mol. The van der Waals surface area contributed by atoms with Crippen LogP contribution in [0, 0.1) is 5.41 Å². The zero-order chi connectivity index (χ0) is 15.2. The number of rotatable bonds is 9. The van der Waals surface area contributed by atoms with Crippen LogP contribution >= 0.6 is 0 Å². The molecule has 0 saturated heterocycles. The van der Waals surface area contributed by atoms with Crippen molar-refractivity contribution in [3.8, 4) is 0 Å². The van der Waals surface area contributed by atoms with Gasteiger partial charge in [-0.25, -0.2) is 0 Å². The van der Waals surface area contributed by atoms with Gasteiger partial charge in [-0.2, -0.15) is 22.0 Å². The number of unbranched alkanes of at least 4 members (excludes halogenated alkanes) is 6. The Balaban J connectivity index is 4.04. The molecule has 0 aliphatic heterocycles. The maximum atomic E-state index is 13.3. The summed E-state index contributed by atoms with van der Waals surface area (Å²) >= 11 is 0. The molecule has 0 amide bonds. The van der Waals surface area contributed by atoms with E-state index >= 15 is 0 Å². The van der Waals surface area contributed by atoms with Gasteiger partial charge in [0, 0.05) is 5.41 Å². The molecular weight excluding hydrogens is 263 g/mol. The summed E-state index contributed by atoms with van der Waals surface area (Å²) in [6.45, 7) is 4.09. The third-order valence-electron chi connectivity index (χ3n) is 3.61. The van der Waals surface area contributed by atoms with E-state index in [0.29, 0.717) is 6.42 Å². The SMILES string of the molecule is CCCCCCCCCC(C)(C)C(F)(F)C(F)(F)F. The fourth-order valence-corrected chi connectivity index (χ4v) is 2.06. The van der Waals surface area contributed by atoms with Gasteiger partial charge in [0.15, 0.2) is 0 Å². The monoisotopic (exact) mass is 288 g/mol. The lowest BCUT2D eigenvalue weighted by atomic mass is 9.80. The molecule has 0 atom stereocenters. The van der Waals surface area contributed by atoms with E-state index in [-0.39, 0.29) is 6.42 Å². The topological polar surface area (TPSA) is 0 Å². The molecule has 19 heavy (non-hydrogen) atoms. The van der Waals surface area contributed by atoms with Crippen LogP contribution in [0.3, 0.4) is 0 Å². The first-order valence-electron chi connectivity index (χ1n) is 7.01. The van der Waals surface area contributed by atoms with E-state index in [9.17, 15) is 22.0 Å². The van der Waals surface area contributed by atoms with Crippen molar-refractivity contribution in [1.82, 2.24) is 0 Å². The molecule has 0 rings (SSSR count). The van der Waals surface area contributed by atoms with E-state index in [4.69, 9.17) is 0 Å².